The van der Waals surface area contributed by atoms with Crippen LogP contribution in [-0.2, 0) is 26.2 Å². The first kappa shape index (κ1) is 30.0. The lowest BCUT2D eigenvalue weighted by Gasteiger charge is -2.31. The molecule has 0 radical (unpaired) electrons. The highest BCUT2D eigenvalue weighted by Crippen LogP contribution is 2.23. The summed E-state index contributed by atoms with van der Waals surface area (Å²) in [6.45, 7) is 6.01. The van der Waals surface area contributed by atoms with Crippen molar-refractivity contribution in [2.45, 2.75) is 84.3 Å². The SMILES string of the molecule is Cc1cc(C)cc(N(CCCC(=O)N(Cc2cccc(Cl)c2)[C@@H](C)C(=O)NC2CCCCC2)S(C)(=O)=O)c1. The predicted octanol–water partition coefficient (Wildman–Crippen LogP) is 5.37. The molecule has 2 amide bonds. The lowest BCUT2D eigenvalue weighted by atomic mass is 9.95. The van der Waals surface area contributed by atoms with Crippen LogP contribution in [0.3, 0.4) is 0 Å². The molecular weight excluding hydrogens is 522 g/mol. The van der Waals surface area contributed by atoms with Gasteiger partial charge >= 0.3 is 0 Å². The van der Waals surface area contributed by atoms with Gasteiger partial charge in [0, 0.05) is 30.6 Å². The Morgan fingerprint density at radius 2 is 1.71 bits per heavy atom. The normalized spacial score (nSPS) is 15.1. The van der Waals surface area contributed by atoms with Crippen molar-refractivity contribution in [3.63, 3.8) is 0 Å². The molecule has 0 bridgehead atoms. The fourth-order valence-electron chi connectivity index (χ4n) is 5.08. The van der Waals surface area contributed by atoms with Crippen LogP contribution in [-0.4, -0.2) is 50.0 Å². The standard InChI is InChI=1S/C29H40ClN3O4S/c1-21-16-22(2)18-27(17-21)33(38(4,36)37)15-9-14-28(34)32(20-24-10-8-11-25(30)19-24)23(3)29(35)31-26-12-6-5-7-13-26/h8,10-11,16-19,23,26H,5-7,9,12-15,20H2,1-4H3,(H,31,35)/t23-/m0/s1. The van der Waals surface area contributed by atoms with Crippen molar-refractivity contribution >= 4 is 39.1 Å². The Morgan fingerprint density at radius 1 is 1.05 bits per heavy atom. The molecule has 208 valence electrons. The molecule has 0 unspecified atom stereocenters. The van der Waals surface area contributed by atoms with E-state index >= 15 is 0 Å². The number of amides is 2. The number of nitrogens with one attached hydrogen (secondary N) is 1. The summed E-state index contributed by atoms with van der Waals surface area (Å²) in [6, 6.07) is 12.4. The molecule has 2 aromatic carbocycles. The van der Waals surface area contributed by atoms with E-state index in [-0.39, 0.29) is 37.4 Å². The summed E-state index contributed by atoms with van der Waals surface area (Å²) in [4.78, 5) is 28.2. The average molecular weight is 562 g/mol. The summed E-state index contributed by atoms with van der Waals surface area (Å²) < 4.78 is 26.5. The van der Waals surface area contributed by atoms with Crippen molar-refractivity contribution in [1.82, 2.24) is 10.2 Å². The smallest absolute Gasteiger partial charge is 0.242 e. The Bertz CT molecular complexity index is 1210. The second-order valence-electron chi connectivity index (χ2n) is 10.5. The minimum Gasteiger partial charge on any atom is -0.352 e. The minimum absolute atomic E-state index is 0.110. The number of carbonyl (C=O) groups excluding carboxylic acids is 2. The van der Waals surface area contributed by atoms with Gasteiger partial charge in [0.05, 0.1) is 11.9 Å². The zero-order chi connectivity index (χ0) is 27.9. The topological polar surface area (TPSA) is 86.8 Å². The van der Waals surface area contributed by atoms with Crippen molar-refractivity contribution in [3.8, 4) is 0 Å². The molecule has 38 heavy (non-hydrogen) atoms. The molecule has 0 aromatic heterocycles. The zero-order valence-corrected chi connectivity index (χ0v) is 24.4. The van der Waals surface area contributed by atoms with Crippen LogP contribution in [0.1, 0.15) is 68.6 Å². The van der Waals surface area contributed by atoms with E-state index in [1.54, 1.807) is 24.0 Å². The van der Waals surface area contributed by atoms with E-state index in [1.807, 2.05) is 44.2 Å². The Balaban J connectivity index is 1.73. The van der Waals surface area contributed by atoms with Crippen molar-refractivity contribution in [3.05, 3.63) is 64.2 Å². The predicted molar refractivity (Wildman–Crippen MR) is 154 cm³/mol. The summed E-state index contributed by atoms with van der Waals surface area (Å²) in [7, 11) is -3.54. The zero-order valence-electron chi connectivity index (χ0n) is 22.9. The Hall–Kier alpha value is -2.58. The van der Waals surface area contributed by atoms with Crippen LogP contribution in [0.25, 0.3) is 0 Å². The average Bonchev–Trinajstić information content (AvgIpc) is 2.84. The third kappa shape index (κ3) is 8.73. The number of hydrogen-bond donors (Lipinski definition) is 1. The van der Waals surface area contributed by atoms with Gasteiger partial charge < -0.3 is 10.2 Å². The summed E-state index contributed by atoms with van der Waals surface area (Å²) in [5, 5.41) is 3.69. The van der Waals surface area contributed by atoms with Gasteiger partial charge in [-0.1, -0.05) is 49.1 Å². The maximum absolute atomic E-state index is 13.5. The van der Waals surface area contributed by atoms with Gasteiger partial charge in [0.2, 0.25) is 21.8 Å². The van der Waals surface area contributed by atoms with Crippen LogP contribution in [0.4, 0.5) is 5.69 Å². The van der Waals surface area contributed by atoms with Crippen LogP contribution in [0.15, 0.2) is 42.5 Å². The first-order valence-electron chi connectivity index (χ1n) is 13.3. The lowest BCUT2D eigenvalue weighted by molar-refractivity contribution is -0.141. The largest absolute Gasteiger partial charge is 0.352 e. The molecule has 1 N–H and O–H groups in total. The fourth-order valence-corrected chi connectivity index (χ4v) is 6.24. The van der Waals surface area contributed by atoms with Gasteiger partial charge in [-0.3, -0.25) is 13.9 Å². The molecular formula is C29H40ClN3O4S. The highest BCUT2D eigenvalue weighted by molar-refractivity contribution is 7.92. The lowest BCUT2D eigenvalue weighted by Crippen LogP contribution is -2.50. The number of halogens is 1. The minimum atomic E-state index is -3.54. The number of nitrogens with zero attached hydrogens (tertiary/aromatic N) is 2. The van der Waals surface area contributed by atoms with E-state index in [2.05, 4.69) is 5.32 Å². The van der Waals surface area contributed by atoms with Crippen molar-refractivity contribution in [2.75, 3.05) is 17.1 Å². The number of hydrogen-bond acceptors (Lipinski definition) is 4. The van der Waals surface area contributed by atoms with Crippen LogP contribution in [0.5, 0.6) is 0 Å². The Morgan fingerprint density at radius 3 is 2.32 bits per heavy atom. The molecule has 7 nitrogen and oxygen atoms in total. The van der Waals surface area contributed by atoms with E-state index < -0.39 is 16.1 Å². The number of anilines is 1. The molecule has 1 fully saturated rings. The van der Waals surface area contributed by atoms with Crippen LogP contribution in [0.2, 0.25) is 5.02 Å². The molecule has 0 saturated heterocycles. The monoisotopic (exact) mass is 561 g/mol. The van der Waals surface area contributed by atoms with Gasteiger partial charge in [0.1, 0.15) is 6.04 Å². The van der Waals surface area contributed by atoms with Crippen LogP contribution < -0.4 is 9.62 Å². The van der Waals surface area contributed by atoms with Gasteiger partial charge in [-0.15, -0.1) is 0 Å². The van der Waals surface area contributed by atoms with Crippen LogP contribution in [0, 0.1) is 13.8 Å². The highest BCUT2D eigenvalue weighted by Gasteiger charge is 2.28. The molecule has 3 rings (SSSR count). The first-order chi connectivity index (χ1) is 17.9. The third-order valence-electron chi connectivity index (χ3n) is 7.01. The number of benzene rings is 2. The molecule has 1 aliphatic carbocycles. The summed E-state index contributed by atoms with van der Waals surface area (Å²) >= 11 is 6.18. The Kier molecular flexibility index (Phi) is 10.6. The van der Waals surface area contributed by atoms with Crippen molar-refractivity contribution in [2.24, 2.45) is 0 Å². The molecule has 0 aliphatic heterocycles. The molecule has 2 aromatic rings. The number of sulfonamides is 1. The van der Waals surface area contributed by atoms with Gasteiger partial charge in [-0.2, -0.15) is 0 Å². The number of aryl methyl sites for hydroxylation is 2. The molecule has 0 heterocycles. The second-order valence-corrected chi connectivity index (χ2v) is 12.8. The first-order valence-corrected chi connectivity index (χ1v) is 15.6. The van der Waals surface area contributed by atoms with E-state index in [4.69, 9.17) is 11.6 Å². The molecule has 0 spiro atoms. The van der Waals surface area contributed by atoms with E-state index in [0.717, 1.165) is 42.4 Å². The Labute approximate surface area is 232 Å². The van der Waals surface area contributed by atoms with Crippen LogP contribution >= 0.6 is 11.6 Å². The molecule has 1 atom stereocenters. The van der Waals surface area contributed by atoms with E-state index in [1.165, 1.54) is 17.0 Å². The second kappa shape index (κ2) is 13.5. The van der Waals surface area contributed by atoms with Gasteiger partial charge in [-0.05, 0) is 81.0 Å². The summed E-state index contributed by atoms with van der Waals surface area (Å²) in [5.41, 5.74) is 3.36. The van der Waals surface area contributed by atoms with Crippen molar-refractivity contribution in [1.29, 1.82) is 0 Å². The summed E-state index contributed by atoms with van der Waals surface area (Å²) in [6.07, 6.45) is 6.91. The highest BCUT2D eigenvalue weighted by atomic mass is 35.5. The fraction of sp³-hybridized carbons (Fsp3) is 0.517. The molecule has 9 heteroatoms. The number of rotatable bonds is 11. The number of carbonyl (C=O) groups is 2. The quantitative estimate of drug-likeness (QED) is 0.399. The summed E-state index contributed by atoms with van der Waals surface area (Å²) in [5.74, 6) is -0.370. The maximum atomic E-state index is 13.5. The van der Waals surface area contributed by atoms with E-state index in [9.17, 15) is 18.0 Å². The third-order valence-corrected chi connectivity index (χ3v) is 8.44. The van der Waals surface area contributed by atoms with Gasteiger partial charge in [0.15, 0.2) is 0 Å². The molecule has 1 aliphatic rings. The van der Waals surface area contributed by atoms with Gasteiger partial charge in [-0.25, -0.2) is 8.42 Å². The van der Waals surface area contributed by atoms with Gasteiger partial charge in [0.25, 0.3) is 0 Å². The van der Waals surface area contributed by atoms with E-state index in [0.29, 0.717) is 17.1 Å². The van der Waals surface area contributed by atoms with Crippen molar-refractivity contribution < 1.29 is 18.0 Å². The maximum Gasteiger partial charge on any atom is 0.242 e. The molecule has 1 saturated carbocycles.